The highest BCUT2D eigenvalue weighted by Crippen LogP contribution is 2.22. The zero-order chi connectivity index (χ0) is 16.5. The molecule has 0 aromatic heterocycles. The van der Waals surface area contributed by atoms with Gasteiger partial charge in [0, 0.05) is 23.6 Å². The van der Waals surface area contributed by atoms with E-state index in [4.69, 9.17) is 0 Å². The highest BCUT2D eigenvalue weighted by molar-refractivity contribution is 9.10. The predicted octanol–water partition coefficient (Wildman–Crippen LogP) is 1.29. The zero-order valence-corrected chi connectivity index (χ0v) is 15.0. The molecule has 1 aromatic rings. The molecule has 1 aliphatic rings. The second kappa shape index (κ2) is 6.52. The Morgan fingerprint density at radius 2 is 1.82 bits per heavy atom. The van der Waals surface area contributed by atoms with Gasteiger partial charge >= 0.3 is 0 Å². The molecule has 2 rings (SSSR count). The molecule has 1 fully saturated rings. The molecule has 1 saturated heterocycles. The van der Waals surface area contributed by atoms with Crippen molar-refractivity contribution in [3.8, 4) is 0 Å². The summed E-state index contributed by atoms with van der Waals surface area (Å²) >= 11 is 3.11. The third-order valence-electron chi connectivity index (χ3n) is 3.43. The van der Waals surface area contributed by atoms with E-state index < -0.39 is 36.8 Å². The Bertz CT molecular complexity index is 759. The molecule has 1 heterocycles. The Hall–Kier alpha value is -0.550. The molecule has 0 bridgehead atoms. The van der Waals surface area contributed by atoms with Gasteiger partial charge in [-0.3, -0.25) is 0 Å². The molecular formula is C12H16BrFN2O4S2. The molecule has 1 N–H and O–H groups in total. The maximum atomic E-state index is 13.7. The van der Waals surface area contributed by atoms with E-state index in [9.17, 15) is 21.2 Å². The average molecular weight is 415 g/mol. The lowest BCUT2D eigenvalue weighted by molar-refractivity contribution is 0.310. The summed E-state index contributed by atoms with van der Waals surface area (Å²) in [5.41, 5.74) is 0. The van der Waals surface area contributed by atoms with Crippen LogP contribution < -0.4 is 4.72 Å². The van der Waals surface area contributed by atoms with Crippen LogP contribution in [0.15, 0.2) is 27.6 Å². The fourth-order valence-corrected chi connectivity index (χ4v) is 5.07. The molecule has 0 amide bonds. The van der Waals surface area contributed by atoms with E-state index in [0.717, 1.165) is 12.3 Å². The molecule has 10 heteroatoms. The van der Waals surface area contributed by atoms with Gasteiger partial charge in [0.25, 0.3) is 0 Å². The summed E-state index contributed by atoms with van der Waals surface area (Å²) in [6.45, 7) is 0.486. The fraction of sp³-hybridized carbons (Fsp3) is 0.500. The number of hydrogen-bond acceptors (Lipinski definition) is 4. The van der Waals surface area contributed by atoms with Crippen LogP contribution in [0.25, 0.3) is 0 Å². The smallest absolute Gasteiger partial charge is 0.213 e. The summed E-state index contributed by atoms with van der Waals surface area (Å²) in [4.78, 5) is -0.424. The van der Waals surface area contributed by atoms with Gasteiger partial charge in [-0.05, 0) is 31.0 Å². The molecule has 0 radical (unpaired) electrons. The quantitative estimate of drug-likeness (QED) is 0.804. The number of nitrogens with zero attached hydrogens (tertiary/aromatic N) is 1. The normalized spacial score (nSPS) is 18.5. The van der Waals surface area contributed by atoms with Crippen molar-refractivity contribution in [2.24, 2.45) is 0 Å². The number of piperidine rings is 1. The van der Waals surface area contributed by atoms with Crippen molar-refractivity contribution in [3.63, 3.8) is 0 Å². The highest BCUT2D eigenvalue weighted by atomic mass is 79.9. The van der Waals surface area contributed by atoms with Gasteiger partial charge in [0.1, 0.15) is 10.7 Å². The van der Waals surface area contributed by atoms with E-state index in [1.165, 1.54) is 16.4 Å². The first-order chi connectivity index (χ1) is 10.1. The van der Waals surface area contributed by atoms with E-state index in [1.807, 2.05) is 0 Å². The maximum Gasteiger partial charge on any atom is 0.243 e. The van der Waals surface area contributed by atoms with Crippen molar-refractivity contribution in [2.75, 3.05) is 19.3 Å². The van der Waals surface area contributed by atoms with Crippen LogP contribution in [-0.4, -0.2) is 46.5 Å². The van der Waals surface area contributed by atoms with Crippen molar-refractivity contribution >= 4 is 36.0 Å². The minimum absolute atomic E-state index is 0.243. The Labute approximate surface area is 137 Å². The molecule has 0 saturated carbocycles. The van der Waals surface area contributed by atoms with Crippen LogP contribution in [-0.2, 0) is 20.0 Å². The van der Waals surface area contributed by atoms with Gasteiger partial charge in [0.15, 0.2) is 0 Å². The van der Waals surface area contributed by atoms with Gasteiger partial charge in [-0.1, -0.05) is 15.9 Å². The molecule has 22 heavy (non-hydrogen) atoms. The summed E-state index contributed by atoms with van der Waals surface area (Å²) < 4.78 is 65.2. The predicted molar refractivity (Wildman–Crippen MR) is 83.9 cm³/mol. The molecule has 0 unspecified atom stereocenters. The highest BCUT2D eigenvalue weighted by Gasteiger charge is 2.29. The topological polar surface area (TPSA) is 83.6 Å². The van der Waals surface area contributed by atoms with Crippen LogP contribution in [0.5, 0.6) is 0 Å². The van der Waals surface area contributed by atoms with Crippen LogP contribution >= 0.6 is 15.9 Å². The minimum atomic E-state index is -3.99. The van der Waals surface area contributed by atoms with Crippen LogP contribution in [0.4, 0.5) is 4.39 Å². The van der Waals surface area contributed by atoms with E-state index in [0.29, 0.717) is 17.3 Å². The standard InChI is InChI=1S/C12H16BrFN2O4S2/c1-21(17,18)16-6-4-10(5-7-16)15-22(19,20)12-8-9(13)2-3-11(12)14/h2-3,8,10,15H,4-7H2,1H3. The van der Waals surface area contributed by atoms with Crippen molar-refractivity contribution in [3.05, 3.63) is 28.5 Å². The number of hydrogen-bond donors (Lipinski definition) is 1. The summed E-state index contributed by atoms with van der Waals surface area (Å²) in [6, 6.07) is 3.27. The van der Waals surface area contributed by atoms with Crippen molar-refractivity contribution in [1.82, 2.24) is 9.03 Å². The monoisotopic (exact) mass is 414 g/mol. The van der Waals surface area contributed by atoms with Crippen LogP contribution in [0.2, 0.25) is 0 Å². The third kappa shape index (κ3) is 4.25. The van der Waals surface area contributed by atoms with Gasteiger partial charge in [0.2, 0.25) is 20.0 Å². The summed E-state index contributed by atoms with van der Waals surface area (Å²) in [6.07, 6.45) is 1.82. The van der Waals surface area contributed by atoms with Gasteiger partial charge < -0.3 is 0 Å². The molecule has 1 aliphatic heterocycles. The van der Waals surface area contributed by atoms with E-state index in [-0.39, 0.29) is 13.1 Å². The lowest BCUT2D eigenvalue weighted by atomic mass is 10.1. The number of rotatable bonds is 4. The first-order valence-electron chi connectivity index (χ1n) is 6.52. The molecule has 124 valence electrons. The number of nitrogens with one attached hydrogen (secondary N) is 1. The number of sulfonamides is 2. The van der Waals surface area contributed by atoms with E-state index in [2.05, 4.69) is 20.7 Å². The fourth-order valence-electron chi connectivity index (χ4n) is 2.27. The molecule has 0 atom stereocenters. The number of halogens is 2. The molecular weight excluding hydrogens is 399 g/mol. The van der Waals surface area contributed by atoms with Gasteiger partial charge in [-0.2, -0.15) is 0 Å². The summed E-state index contributed by atoms with van der Waals surface area (Å²) in [5, 5.41) is 0. The van der Waals surface area contributed by atoms with Gasteiger partial charge in [-0.15, -0.1) is 0 Å². The Morgan fingerprint density at radius 1 is 1.23 bits per heavy atom. The largest absolute Gasteiger partial charge is 0.243 e. The summed E-state index contributed by atoms with van der Waals surface area (Å²) in [7, 11) is -7.26. The second-order valence-electron chi connectivity index (χ2n) is 5.13. The van der Waals surface area contributed by atoms with Crippen LogP contribution in [0.1, 0.15) is 12.8 Å². The van der Waals surface area contributed by atoms with Crippen molar-refractivity contribution < 1.29 is 21.2 Å². The third-order valence-corrected chi connectivity index (χ3v) is 6.76. The SMILES string of the molecule is CS(=O)(=O)N1CCC(NS(=O)(=O)c2cc(Br)ccc2F)CC1. The molecule has 1 aromatic carbocycles. The van der Waals surface area contributed by atoms with Crippen LogP contribution in [0, 0.1) is 5.82 Å². The van der Waals surface area contributed by atoms with Crippen LogP contribution in [0.3, 0.4) is 0 Å². The van der Waals surface area contributed by atoms with Crippen molar-refractivity contribution in [2.45, 2.75) is 23.8 Å². The maximum absolute atomic E-state index is 13.7. The van der Waals surface area contributed by atoms with Gasteiger partial charge in [-0.25, -0.2) is 30.3 Å². The minimum Gasteiger partial charge on any atom is -0.213 e. The van der Waals surface area contributed by atoms with E-state index >= 15 is 0 Å². The van der Waals surface area contributed by atoms with E-state index in [1.54, 1.807) is 0 Å². The Morgan fingerprint density at radius 3 is 2.36 bits per heavy atom. The summed E-state index contributed by atoms with van der Waals surface area (Å²) in [5.74, 6) is -0.829. The molecule has 0 spiro atoms. The lowest BCUT2D eigenvalue weighted by Crippen LogP contribution is -2.46. The molecule has 6 nitrogen and oxygen atoms in total. The average Bonchev–Trinajstić information content (AvgIpc) is 2.40. The second-order valence-corrected chi connectivity index (χ2v) is 9.71. The first kappa shape index (κ1) is 17.8. The Kier molecular flexibility index (Phi) is 5.27. The number of benzene rings is 1. The Balaban J connectivity index is 2.10. The van der Waals surface area contributed by atoms with Crippen molar-refractivity contribution in [1.29, 1.82) is 0 Å². The zero-order valence-electron chi connectivity index (χ0n) is 11.8. The first-order valence-corrected chi connectivity index (χ1v) is 10.6. The van der Waals surface area contributed by atoms with Gasteiger partial charge in [0.05, 0.1) is 6.26 Å². The molecule has 0 aliphatic carbocycles. The lowest BCUT2D eigenvalue weighted by Gasteiger charge is -2.30.